The van der Waals surface area contributed by atoms with Crippen molar-refractivity contribution in [2.24, 2.45) is 0 Å². The molecule has 0 N–H and O–H groups in total. The number of benzene rings is 4. The molecule has 0 fully saturated rings. The summed E-state index contributed by atoms with van der Waals surface area (Å²) in [5.74, 6) is -0.265. The molecular weight excluding hydrogens is 444 g/mol. The van der Waals surface area contributed by atoms with E-state index >= 15 is 0 Å². The average molecular weight is 471 g/mol. The monoisotopic (exact) mass is 470 g/mol. The molecule has 6 rings (SSSR count). The fraction of sp³-hybridized carbons (Fsp3) is 0.125. The summed E-state index contributed by atoms with van der Waals surface area (Å²) in [4.78, 5) is 31.5. The summed E-state index contributed by atoms with van der Waals surface area (Å²) in [7, 11) is 0. The van der Waals surface area contributed by atoms with Gasteiger partial charge in [-0.05, 0) is 37.1 Å². The van der Waals surface area contributed by atoms with Gasteiger partial charge in [0.2, 0.25) is 0 Å². The van der Waals surface area contributed by atoms with Gasteiger partial charge in [-0.1, -0.05) is 96.1 Å². The Morgan fingerprint density at radius 2 is 0.861 bits per heavy atom. The van der Waals surface area contributed by atoms with E-state index in [2.05, 4.69) is 48.5 Å². The Hall–Kier alpha value is -4.44. The number of hydrogen-bond acceptors (Lipinski definition) is 2. The number of fused-ring (bicyclic) bond motifs is 2. The second-order valence-corrected chi connectivity index (χ2v) is 9.54. The Kier molecular flexibility index (Phi) is 5.30. The van der Waals surface area contributed by atoms with Gasteiger partial charge in [-0.25, -0.2) is 0 Å². The fourth-order valence-electron chi connectivity index (χ4n) is 5.11. The van der Waals surface area contributed by atoms with Crippen molar-refractivity contribution in [1.82, 2.24) is 0 Å². The van der Waals surface area contributed by atoms with Gasteiger partial charge in [0.15, 0.2) is 0 Å². The number of para-hydroxylation sites is 2. The Morgan fingerprint density at radius 1 is 0.500 bits per heavy atom. The van der Waals surface area contributed by atoms with Crippen LogP contribution in [-0.4, -0.2) is 11.8 Å². The van der Waals surface area contributed by atoms with E-state index in [9.17, 15) is 9.59 Å². The van der Waals surface area contributed by atoms with Crippen LogP contribution in [0.25, 0.3) is 11.1 Å². The quantitative estimate of drug-likeness (QED) is 0.328. The van der Waals surface area contributed by atoms with Crippen LogP contribution in [0.2, 0.25) is 0 Å². The lowest BCUT2D eigenvalue weighted by Gasteiger charge is -2.18. The lowest BCUT2D eigenvalue weighted by Crippen LogP contribution is -2.28. The van der Waals surface area contributed by atoms with E-state index in [1.165, 1.54) is 11.1 Å². The second kappa shape index (κ2) is 8.65. The number of nitrogens with zero attached hydrogens (tertiary/aromatic N) is 2. The predicted octanol–water partition coefficient (Wildman–Crippen LogP) is 6.31. The zero-order valence-electron chi connectivity index (χ0n) is 20.4. The molecule has 0 bridgehead atoms. The average Bonchev–Trinajstić information content (AvgIpc) is 3.32. The number of amides is 2. The maximum atomic E-state index is 14.0. The lowest BCUT2D eigenvalue weighted by atomic mass is 9.96. The van der Waals surface area contributed by atoms with Crippen LogP contribution in [0.4, 0.5) is 11.4 Å². The lowest BCUT2D eigenvalue weighted by molar-refractivity contribution is -0.114. The van der Waals surface area contributed by atoms with Gasteiger partial charge >= 0.3 is 0 Å². The summed E-state index contributed by atoms with van der Waals surface area (Å²) >= 11 is 0. The first-order valence-corrected chi connectivity index (χ1v) is 12.2. The van der Waals surface area contributed by atoms with Crippen LogP contribution >= 0.6 is 0 Å². The minimum Gasteiger partial charge on any atom is -0.303 e. The molecule has 2 aliphatic rings. The van der Waals surface area contributed by atoms with Crippen molar-refractivity contribution in [3.8, 4) is 0 Å². The Bertz CT molecular complexity index is 1410. The van der Waals surface area contributed by atoms with Crippen LogP contribution in [0, 0.1) is 13.8 Å². The fourth-order valence-corrected chi connectivity index (χ4v) is 5.11. The number of carbonyl (C=O) groups excluding carboxylic acids is 2. The first-order valence-electron chi connectivity index (χ1n) is 12.2. The van der Waals surface area contributed by atoms with Crippen molar-refractivity contribution < 1.29 is 9.59 Å². The van der Waals surface area contributed by atoms with Crippen LogP contribution in [0.5, 0.6) is 0 Å². The topological polar surface area (TPSA) is 40.6 Å². The molecule has 0 saturated heterocycles. The van der Waals surface area contributed by atoms with Gasteiger partial charge in [0.25, 0.3) is 11.8 Å². The summed E-state index contributed by atoms with van der Waals surface area (Å²) in [5, 5.41) is 0. The molecule has 36 heavy (non-hydrogen) atoms. The molecule has 4 aromatic rings. The predicted molar refractivity (Wildman–Crippen MR) is 144 cm³/mol. The third-order valence-corrected chi connectivity index (χ3v) is 7.02. The molecule has 176 valence electrons. The highest BCUT2D eigenvalue weighted by molar-refractivity contribution is 6.49. The van der Waals surface area contributed by atoms with Gasteiger partial charge in [0.05, 0.1) is 35.6 Å². The van der Waals surface area contributed by atoms with Crippen LogP contribution in [0.15, 0.2) is 97.1 Å². The van der Waals surface area contributed by atoms with Crippen molar-refractivity contribution in [2.75, 3.05) is 9.80 Å². The van der Waals surface area contributed by atoms with Crippen molar-refractivity contribution >= 4 is 34.3 Å². The molecule has 0 radical (unpaired) electrons. The molecule has 4 aromatic carbocycles. The van der Waals surface area contributed by atoms with Crippen molar-refractivity contribution in [3.63, 3.8) is 0 Å². The van der Waals surface area contributed by atoms with E-state index in [-0.39, 0.29) is 11.8 Å². The van der Waals surface area contributed by atoms with E-state index in [0.29, 0.717) is 24.2 Å². The van der Waals surface area contributed by atoms with Crippen molar-refractivity contribution in [2.45, 2.75) is 26.9 Å². The van der Waals surface area contributed by atoms with Crippen molar-refractivity contribution in [3.05, 3.63) is 130 Å². The SMILES string of the molecule is Cc1ccc(CN2C(=O)/C(=C3\C(=O)N(Cc4ccc(C)cc4)c4ccccc43)c3ccccc32)cc1. The smallest absolute Gasteiger partial charge is 0.260 e. The van der Waals surface area contributed by atoms with E-state index in [4.69, 9.17) is 0 Å². The standard InChI is InChI=1S/C32H26N2O2/c1-21-11-15-23(16-12-21)19-33-27-9-5-3-7-25(27)29(31(33)35)30-26-8-4-6-10-28(26)34(32(30)36)20-24-17-13-22(2)14-18-24/h3-18H,19-20H2,1-2H3/b30-29-. The van der Waals surface area contributed by atoms with Crippen molar-refractivity contribution in [1.29, 1.82) is 0 Å². The zero-order valence-corrected chi connectivity index (χ0v) is 20.4. The maximum Gasteiger partial charge on any atom is 0.260 e. The third kappa shape index (κ3) is 3.62. The van der Waals surface area contributed by atoms with Crippen LogP contribution in [0.1, 0.15) is 33.4 Å². The molecule has 4 nitrogen and oxygen atoms in total. The zero-order chi connectivity index (χ0) is 24.8. The summed E-state index contributed by atoms with van der Waals surface area (Å²) < 4.78 is 0. The van der Waals surface area contributed by atoms with Crippen LogP contribution in [0.3, 0.4) is 0 Å². The molecule has 2 aliphatic heterocycles. The third-order valence-electron chi connectivity index (χ3n) is 7.02. The van der Waals surface area contributed by atoms with Gasteiger partial charge in [0, 0.05) is 11.1 Å². The maximum absolute atomic E-state index is 14.0. The minimum atomic E-state index is -0.132. The largest absolute Gasteiger partial charge is 0.303 e. The molecule has 4 heteroatoms. The normalized spacial score (nSPS) is 16.5. The summed E-state index contributed by atoms with van der Waals surface area (Å²) in [6.45, 7) is 5.01. The summed E-state index contributed by atoms with van der Waals surface area (Å²) in [6, 6.07) is 32.0. The van der Waals surface area contributed by atoms with E-state index in [1.54, 1.807) is 9.80 Å². The molecule has 2 amide bonds. The first-order chi connectivity index (χ1) is 17.5. The van der Waals surface area contributed by atoms with E-state index in [0.717, 1.165) is 33.6 Å². The Morgan fingerprint density at radius 3 is 1.25 bits per heavy atom. The van der Waals surface area contributed by atoms with E-state index in [1.807, 2.05) is 62.4 Å². The molecule has 0 spiro atoms. The van der Waals surface area contributed by atoms with E-state index < -0.39 is 0 Å². The molecule has 0 unspecified atom stereocenters. The van der Waals surface area contributed by atoms with Gasteiger partial charge < -0.3 is 9.80 Å². The highest BCUT2D eigenvalue weighted by Crippen LogP contribution is 2.47. The molecule has 0 atom stereocenters. The number of carbonyl (C=O) groups is 2. The highest BCUT2D eigenvalue weighted by Gasteiger charge is 2.41. The van der Waals surface area contributed by atoms with Gasteiger partial charge in [0.1, 0.15) is 0 Å². The molecule has 2 heterocycles. The number of anilines is 2. The van der Waals surface area contributed by atoms with Gasteiger partial charge in [-0.2, -0.15) is 0 Å². The van der Waals surface area contributed by atoms with Crippen LogP contribution in [-0.2, 0) is 22.7 Å². The van der Waals surface area contributed by atoms with Gasteiger partial charge in [-0.3, -0.25) is 9.59 Å². The second-order valence-electron chi connectivity index (χ2n) is 9.54. The number of hydrogen-bond donors (Lipinski definition) is 0. The molecule has 0 aromatic heterocycles. The summed E-state index contributed by atoms with van der Waals surface area (Å²) in [6.07, 6.45) is 0. The Balaban J connectivity index is 1.46. The Labute approximate surface area is 211 Å². The summed E-state index contributed by atoms with van der Waals surface area (Å²) in [5.41, 5.74) is 8.73. The van der Waals surface area contributed by atoms with Crippen LogP contribution < -0.4 is 9.80 Å². The highest BCUT2D eigenvalue weighted by atomic mass is 16.2. The minimum absolute atomic E-state index is 0.132. The number of rotatable bonds is 4. The molecule has 0 aliphatic carbocycles. The number of aryl methyl sites for hydroxylation is 2. The molecular formula is C32H26N2O2. The van der Waals surface area contributed by atoms with Gasteiger partial charge in [-0.15, -0.1) is 0 Å². The first kappa shape index (κ1) is 22.1. The molecule has 0 saturated carbocycles.